The number of nitro groups is 1. The lowest BCUT2D eigenvalue weighted by molar-refractivity contribution is -0.452. The molecule has 0 bridgehead atoms. The van der Waals surface area contributed by atoms with Gasteiger partial charge in [0, 0.05) is 18.6 Å². The second kappa shape index (κ2) is 9.03. The van der Waals surface area contributed by atoms with Crippen LogP contribution in [0.15, 0.2) is 59.7 Å². The van der Waals surface area contributed by atoms with Gasteiger partial charge in [0.25, 0.3) is 11.6 Å². The van der Waals surface area contributed by atoms with Crippen LogP contribution in [0.2, 0.25) is 0 Å². The van der Waals surface area contributed by atoms with Crippen molar-refractivity contribution in [3.05, 3.63) is 70.3 Å². The quantitative estimate of drug-likeness (QED) is 0.433. The third-order valence-electron chi connectivity index (χ3n) is 4.56. The van der Waals surface area contributed by atoms with Crippen LogP contribution in [-0.4, -0.2) is 29.3 Å². The molecular weight excluding hydrogens is 356 g/mol. The van der Waals surface area contributed by atoms with Gasteiger partial charge >= 0.3 is 0 Å². The molecule has 0 unspecified atom stereocenters. The molecule has 1 N–H and O–H groups in total. The first-order chi connectivity index (χ1) is 13.6. The second-order valence-corrected chi connectivity index (χ2v) is 6.60. The third kappa shape index (κ3) is 4.49. The summed E-state index contributed by atoms with van der Waals surface area (Å²) in [6.45, 7) is 2.77. The van der Waals surface area contributed by atoms with Gasteiger partial charge in [-0.1, -0.05) is 43.7 Å². The molecule has 0 radical (unpaired) electrons. The molecule has 0 spiro atoms. The average molecular weight is 379 g/mol. The summed E-state index contributed by atoms with van der Waals surface area (Å²) in [5, 5.41) is 16.6. The summed E-state index contributed by atoms with van der Waals surface area (Å²) >= 11 is 0. The normalized spacial score (nSPS) is 16.6. The van der Waals surface area contributed by atoms with E-state index in [0.717, 1.165) is 31.5 Å². The van der Waals surface area contributed by atoms with E-state index in [1.807, 2.05) is 31.3 Å². The zero-order valence-corrected chi connectivity index (χ0v) is 15.7. The van der Waals surface area contributed by atoms with Crippen molar-refractivity contribution in [1.29, 1.82) is 0 Å². The highest BCUT2D eigenvalue weighted by molar-refractivity contribution is 6.23. The van der Waals surface area contributed by atoms with Crippen molar-refractivity contribution in [2.24, 2.45) is 11.0 Å². The molecular formula is C21H23N4O3+. The molecule has 0 aliphatic carbocycles. The predicted octanol–water partition coefficient (Wildman–Crippen LogP) is 2.11. The zero-order chi connectivity index (χ0) is 19.9. The summed E-state index contributed by atoms with van der Waals surface area (Å²) in [7, 11) is 0. The molecule has 7 nitrogen and oxygen atoms in total. The molecule has 28 heavy (non-hydrogen) atoms. The van der Waals surface area contributed by atoms with Crippen molar-refractivity contribution in [3.8, 4) is 0 Å². The summed E-state index contributed by atoms with van der Waals surface area (Å²) < 4.78 is 0. The van der Waals surface area contributed by atoms with Crippen LogP contribution in [0.4, 0.5) is 11.4 Å². The molecule has 1 heterocycles. The number of carbonyl (C=O) groups excluding carboxylic acids is 1. The smallest absolute Gasteiger partial charge is 0.269 e. The minimum atomic E-state index is -0.464. The van der Waals surface area contributed by atoms with Gasteiger partial charge in [-0.2, -0.15) is 10.1 Å². The van der Waals surface area contributed by atoms with Crippen LogP contribution in [0, 0.1) is 16.0 Å². The number of rotatable bonds is 8. The molecule has 1 aliphatic heterocycles. The Labute approximate surface area is 163 Å². The number of amides is 1. The van der Waals surface area contributed by atoms with E-state index in [0.29, 0.717) is 5.69 Å². The lowest BCUT2D eigenvalue weighted by Crippen LogP contribution is -2.71. The van der Waals surface area contributed by atoms with Crippen LogP contribution in [0.25, 0.3) is 0 Å². The van der Waals surface area contributed by atoms with Crippen molar-refractivity contribution in [3.63, 3.8) is 0 Å². The average Bonchev–Trinajstić information content (AvgIpc) is 3.02. The highest BCUT2D eigenvalue weighted by Crippen LogP contribution is 2.26. The summed E-state index contributed by atoms with van der Waals surface area (Å²) in [6.07, 6.45) is 4.28. The highest BCUT2D eigenvalue weighted by atomic mass is 16.6. The van der Waals surface area contributed by atoms with Crippen molar-refractivity contribution in [2.45, 2.75) is 26.2 Å². The SMILES string of the molecule is CCCC1=NN(c2ccc([N+](=O)[O-])cc2)C(=O)[C@H]1C=[NH+]CCc1ccccc1. The van der Waals surface area contributed by atoms with Crippen LogP contribution in [0.5, 0.6) is 0 Å². The van der Waals surface area contributed by atoms with Crippen molar-refractivity contribution in [2.75, 3.05) is 11.6 Å². The molecule has 1 amide bonds. The number of anilines is 1. The van der Waals surface area contributed by atoms with Gasteiger partial charge in [-0.15, -0.1) is 0 Å². The number of hydrogen-bond donors (Lipinski definition) is 1. The van der Waals surface area contributed by atoms with E-state index in [4.69, 9.17) is 0 Å². The van der Waals surface area contributed by atoms with Crippen LogP contribution in [0.3, 0.4) is 0 Å². The Balaban J connectivity index is 1.70. The largest absolute Gasteiger partial charge is 0.271 e. The Morgan fingerprint density at radius 3 is 2.50 bits per heavy atom. The summed E-state index contributed by atoms with van der Waals surface area (Å²) in [4.78, 5) is 26.5. The Morgan fingerprint density at radius 1 is 1.14 bits per heavy atom. The summed E-state index contributed by atoms with van der Waals surface area (Å²) in [6, 6.07) is 16.0. The maximum atomic E-state index is 12.9. The van der Waals surface area contributed by atoms with Gasteiger partial charge in [-0.05, 0) is 24.1 Å². The molecule has 1 atom stereocenters. The van der Waals surface area contributed by atoms with Gasteiger partial charge in [0.2, 0.25) is 0 Å². The van der Waals surface area contributed by atoms with Crippen molar-refractivity contribution in [1.82, 2.24) is 0 Å². The maximum Gasteiger partial charge on any atom is 0.269 e. The highest BCUT2D eigenvalue weighted by Gasteiger charge is 2.37. The standard InChI is InChI=1S/C21H22N4O3/c1-2-6-20-19(15-22-14-13-16-7-4-3-5-8-16)21(26)24(23-20)17-9-11-18(12-10-17)25(27)28/h3-5,7-12,15,19H,2,6,13-14H2,1H3/p+1/t19-/m0/s1. The topological polar surface area (TPSA) is 89.8 Å². The first kappa shape index (κ1) is 19.4. The number of hydrazone groups is 1. The van der Waals surface area contributed by atoms with E-state index in [2.05, 4.69) is 22.2 Å². The lowest BCUT2D eigenvalue weighted by Gasteiger charge is -2.11. The summed E-state index contributed by atoms with van der Waals surface area (Å²) in [5.41, 5.74) is 2.55. The third-order valence-corrected chi connectivity index (χ3v) is 4.56. The second-order valence-electron chi connectivity index (χ2n) is 6.60. The minimum Gasteiger partial charge on any atom is -0.271 e. The molecule has 0 aromatic heterocycles. The van der Waals surface area contributed by atoms with Gasteiger partial charge < -0.3 is 0 Å². The Hall–Kier alpha value is -3.35. The lowest BCUT2D eigenvalue weighted by atomic mass is 10.0. The Bertz CT molecular complexity index is 892. The van der Waals surface area contributed by atoms with E-state index in [-0.39, 0.29) is 11.6 Å². The van der Waals surface area contributed by atoms with E-state index in [9.17, 15) is 14.9 Å². The van der Waals surface area contributed by atoms with Crippen molar-refractivity contribution >= 4 is 29.2 Å². The Kier molecular flexibility index (Phi) is 6.26. The molecule has 0 saturated heterocycles. The van der Waals surface area contributed by atoms with Crippen molar-refractivity contribution < 1.29 is 14.7 Å². The van der Waals surface area contributed by atoms with E-state index < -0.39 is 10.8 Å². The number of nitrogens with zero attached hydrogens (tertiary/aromatic N) is 3. The van der Waals surface area contributed by atoms with Gasteiger partial charge in [0.1, 0.15) is 6.54 Å². The molecule has 144 valence electrons. The molecule has 2 aromatic carbocycles. The zero-order valence-electron chi connectivity index (χ0n) is 15.7. The molecule has 1 aliphatic rings. The maximum absolute atomic E-state index is 12.9. The van der Waals surface area contributed by atoms with E-state index >= 15 is 0 Å². The number of carbonyl (C=O) groups is 1. The summed E-state index contributed by atoms with van der Waals surface area (Å²) in [5.74, 6) is -0.574. The monoisotopic (exact) mass is 379 g/mol. The molecule has 3 rings (SSSR count). The number of benzene rings is 2. The first-order valence-corrected chi connectivity index (χ1v) is 9.36. The van der Waals surface area contributed by atoms with Crippen LogP contribution >= 0.6 is 0 Å². The fourth-order valence-corrected chi connectivity index (χ4v) is 3.11. The van der Waals surface area contributed by atoms with Gasteiger partial charge in [-0.3, -0.25) is 19.9 Å². The minimum absolute atomic E-state index is 0.0150. The molecule has 0 saturated carbocycles. The molecule has 2 aromatic rings. The fourth-order valence-electron chi connectivity index (χ4n) is 3.11. The molecule has 7 heteroatoms. The van der Waals surface area contributed by atoms with Gasteiger partial charge in [-0.25, -0.2) is 0 Å². The van der Waals surface area contributed by atoms with Gasteiger partial charge in [0.05, 0.1) is 16.3 Å². The van der Waals surface area contributed by atoms with Crippen LogP contribution < -0.4 is 10.0 Å². The predicted molar refractivity (Wildman–Crippen MR) is 108 cm³/mol. The van der Waals surface area contributed by atoms with E-state index in [1.165, 1.54) is 22.7 Å². The number of nitrogens with one attached hydrogen (secondary N) is 1. The van der Waals surface area contributed by atoms with Crippen LogP contribution in [0.1, 0.15) is 25.3 Å². The van der Waals surface area contributed by atoms with Crippen LogP contribution in [-0.2, 0) is 11.2 Å². The van der Waals surface area contributed by atoms with E-state index in [1.54, 1.807) is 12.1 Å². The Morgan fingerprint density at radius 2 is 1.86 bits per heavy atom. The number of hydrogen-bond acceptors (Lipinski definition) is 4. The molecule has 0 fully saturated rings. The number of nitro benzene ring substituents is 1. The first-order valence-electron chi connectivity index (χ1n) is 9.36. The fraction of sp³-hybridized carbons (Fsp3) is 0.286. The number of non-ortho nitro benzene ring substituents is 1. The van der Waals surface area contributed by atoms with Gasteiger partial charge in [0.15, 0.2) is 12.1 Å².